The van der Waals surface area contributed by atoms with E-state index < -0.39 is 6.10 Å². The number of rotatable bonds is 4. The Morgan fingerprint density at radius 2 is 1.83 bits per heavy atom. The molecule has 3 heteroatoms. The Kier molecular flexibility index (Phi) is 3.93. The van der Waals surface area contributed by atoms with Crippen molar-refractivity contribution >= 4 is 11.3 Å². The number of furan rings is 1. The highest BCUT2D eigenvalue weighted by Gasteiger charge is 2.19. The number of aliphatic hydroxyl groups excluding tert-OH is 1. The zero-order valence-electron chi connectivity index (χ0n) is 11.4. The van der Waals surface area contributed by atoms with Gasteiger partial charge in [-0.1, -0.05) is 6.92 Å². The summed E-state index contributed by atoms with van der Waals surface area (Å²) < 4.78 is 5.57. The third kappa shape index (κ3) is 2.52. The SMILES string of the molecule is CCc1ccc(CC(O)c2c(C)oc(C)c2C)s1. The number of hydrogen-bond donors (Lipinski definition) is 1. The van der Waals surface area contributed by atoms with Gasteiger partial charge in [0, 0.05) is 21.7 Å². The van der Waals surface area contributed by atoms with Crippen molar-refractivity contribution in [3.8, 4) is 0 Å². The molecule has 2 heterocycles. The normalized spacial score (nSPS) is 12.9. The molecule has 0 saturated heterocycles. The third-order valence-electron chi connectivity index (χ3n) is 3.41. The van der Waals surface area contributed by atoms with Gasteiger partial charge in [-0.05, 0) is 44.9 Å². The Balaban J connectivity index is 2.18. The first-order valence-electron chi connectivity index (χ1n) is 6.35. The highest BCUT2D eigenvalue weighted by atomic mass is 32.1. The summed E-state index contributed by atoms with van der Waals surface area (Å²) in [6, 6.07) is 4.26. The van der Waals surface area contributed by atoms with Gasteiger partial charge >= 0.3 is 0 Å². The van der Waals surface area contributed by atoms with Gasteiger partial charge in [-0.25, -0.2) is 0 Å². The average molecular weight is 264 g/mol. The van der Waals surface area contributed by atoms with Crippen molar-refractivity contribution in [1.82, 2.24) is 0 Å². The summed E-state index contributed by atoms with van der Waals surface area (Å²) in [5, 5.41) is 10.4. The van der Waals surface area contributed by atoms with E-state index in [2.05, 4.69) is 19.1 Å². The van der Waals surface area contributed by atoms with E-state index in [1.165, 1.54) is 9.75 Å². The summed E-state index contributed by atoms with van der Waals surface area (Å²) in [5.41, 5.74) is 2.03. The lowest BCUT2D eigenvalue weighted by atomic mass is 10.0. The van der Waals surface area contributed by atoms with Gasteiger partial charge in [0.25, 0.3) is 0 Å². The van der Waals surface area contributed by atoms with Gasteiger partial charge in [-0.2, -0.15) is 0 Å². The Hall–Kier alpha value is -1.06. The Morgan fingerprint density at radius 1 is 1.17 bits per heavy atom. The molecule has 0 radical (unpaired) electrons. The van der Waals surface area contributed by atoms with E-state index in [-0.39, 0.29) is 0 Å². The number of thiophene rings is 1. The summed E-state index contributed by atoms with van der Waals surface area (Å²) in [4.78, 5) is 2.60. The Bertz CT molecular complexity index is 537. The van der Waals surface area contributed by atoms with Crippen LogP contribution in [0.5, 0.6) is 0 Å². The van der Waals surface area contributed by atoms with Gasteiger partial charge in [0.15, 0.2) is 0 Å². The Labute approximate surface area is 112 Å². The molecule has 0 aliphatic rings. The van der Waals surface area contributed by atoms with E-state index in [1.54, 1.807) is 11.3 Å². The van der Waals surface area contributed by atoms with Crippen LogP contribution in [0, 0.1) is 20.8 Å². The van der Waals surface area contributed by atoms with Crippen LogP contribution < -0.4 is 0 Å². The zero-order valence-corrected chi connectivity index (χ0v) is 12.2. The maximum absolute atomic E-state index is 10.4. The maximum atomic E-state index is 10.4. The number of aryl methyl sites for hydroxylation is 3. The highest BCUT2D eigenvalue weighted by Crippen LogP contribution is 2.30. The van der Waals surface area contributed by atoms with Crippen LogP contribution in [0.1, 0.15) is 45.4 Å². The monoisotopic (exact) mass is 264 g/mol. The molecule has 98 valence electrons. The minimum atomic E-state index is -0.467. The van der Waals surface area contributed by atoms with Crippen LogP contribution in [0.2, 0.25) is 0 Å². The molecule has 1 N–H and O–H groups in total. The van der Waals surface area contributed by atoms with Crippen molar-refractivity contribution in [2.24, 2.45) is 0 Å². The molecule has 0 aromatic carbocycles. The van der Waals surface area contributed by atoms with E-state index in [4.69, 9.17) is 4.42 Å². The molecule has 0 fully saturated rings. The van der Waals surface area contributed by atoms with Gasteiger partial charge in [0.1, 0.15) is 11.5 Å². The van der Waals surface area contributed by atoms with Crippen LogP contribution in [0.4, 0.5) is 0 Å². The molecule has 2 aromatic heterocycles. The predicted molar refractivity (Wildman–Crippen MR) is 75.3 cm³/mol. The molecule has 0 aliphatic heterocycles. The zero-order chi connectivity index (χ0) is 13.3. The quantitative estimate of drug-likeness (QED) is 0.901. The van der Waals surface area contributed by atoms with E-state index in [0.717, 1.165) is 29.1 Å². The molecule has 0 amide bonds. The van der Waals surface area contributed by atoms with E-state index >= 15 is 0 Å². The van der Waals surface area contributed by atoms with Gasteiger partial charge in [0.2, 0.25) is 0 Å². The molecule has 0 bridgehead atoms. The third-order valence-corrected chi connectivity index (χ3v) is 4.66. The van der Waals surface area contributed by atoms with Crippen molar-refractivity contribution in [3.05, 3.63) is 44.5 Å². The van der Waals surface area contributed by atoms with Crippen LogP contribution in [0.15, 0.2) is 16.5 Å². The molecule has 0 spiro atoms. The Morgan fingerprint density at radius 3 is 2.33 bits per heavy atom. The molecule has 2 rings (SSSR count). The van der Waals surface area contributed by atoms with E-state index in [9.17, 15) is 5.11 Å². The second-order valence-electron chi connectivity index (χ2n) is 4.69. The molecule has 2 nitrogen and oxygen atoms in total. The summed E-state index contributed by atoms with van der Waals surface area (Å²) in [6.07, 6.45) is 1.26. The van der Waals surface area contributed by atoms with Crippen LogP contribution in [-0.2, 0) is 12.8 Å². The first kappa shape index (κ1) is 13.4. The molecule has 1 atom stereocenters. The lowest BCUT2D eigenvalue weighted by molar-refractivity contribution is 0.177. The lowest BCUT2D eigenvalue weighted by Crippen LogP contribution is -2.02. The van der Waals surface area contributed by atoms with Crippen LogP contribution in [0.3, 0.4) is 0 Å². The predicted octanol–water partition coefficient (Wildman–Crippen LogP) is 4.10. The van der Waals surface area contributed by atoms with Crippen molar-refractivity contribution in [1.29, 1.82) is 0 Å². The van der Waals surface area contributed by atoms with E-state index in [0.29, 0.717) is 6.42 Å². The highest BCUT2D eigenvalue weighted by molar-refractivity contribution is 7.11. The fourth-order valence-electron chi connectivity index (χ4n) is 2.31. The first-order valence-corrected chi connectivity index (χ1v) is 7.16. The minimum absolute atomic E-state index is 0.467. The molecule has 18 heavy (non-hydrogen) atoms. The topological polar surface area (TPSA) is 33.4 Å². The second-order valence-corrected chi connectivity index (χ2v) is 5.95. The second kappa shape index (κ2) is 5.29. The van der Waals surface area contributed by atoms with Crippen molar-refractivity contribution < 1.29 is 9.52 Å². The van der Waals surface area contributed by atoms with Crippen LogP contribution in [-0.4, -0.2) is 5.11 Å². The molecule has 2 aromatic rings. The molecular formula is C15H20O2S. The van der Waals surface area contributed by atoms with Crippen LogP contribution >= 0.6 is 11.3 Å². The van der Waals surface area contributed by atoms with E-state index in [1.807, 2.05) is 20.8 Å². The summed E-state index contributed by atoms with van der Waals surface area (Å²) in [5.74, 6) is 1.74. The fraction of sp³-hybridized carbons (Fsp3) is 0.467. The summed E-state index contributed by atoms with van der Waals surface area (Å²) >= 11 is 1.78. The van der Waals surface area contributed by atoms with Crippen LogP contribution in [0.25, 0.3) is 0 Å². The first-order chi connectivity index (χ1) is 8.52. The maximum Gasteiger partial charge on any atom is 0.107 e. The number of hydrogen-bond acceptors (Lipinski definition) is 3. The fourth-order valence-corrected chi connectivity index (χ4v) is 3.31. The average Bonchev–Trinajstić information content (AvgIpc) is 2.85. The van der Waals surface area contributed by atoms with Crippen molar-refractivity contribution in [2.75, 3.05) is 0 Å². The minimum Gasteiger partial charge on any atom is -0.466 e. The summed E-state index contributed by atoms with van der Waals surface area (Å²) in [7, 11) is 0. The van der Waals surface area contributed by atoms with Gasteiger partial charge in [-0.3, -0.25) is 0 Å². The molecular weight excluding hydrogens is 244 g/mol. The van der Waals surface area contributed by atoms with Gasteiger partial charge < -0.3 is 9.52 Å². The lowest BCUT2D eigenvalue weighted by Gasteiger charge is -2.09. The molecule has 1 unspecified atom stereocenters. The standard InChI is InChI=1S/C15H20O2S/c1-5-12-6-7-13(18-12)8-14(16)15-9(2)10(3)17-11(15)4/h6-7,14,16H,5,8H2,1-4H3. The van der Waals surface area contributed by atoms with Crippen molar-refractivity contribution in [3.63, 3.8) is 0 Å². The van der Waals surface area contributed by atoms with Gasteiger partial charge in [-0.15, -0.1) is 11.3 Å². The smallest absolute Gasteiger partial charge is 0.107 e. The molecule has 0 saturated carbocycles. The largest absolute Gasteiger partial charge is 0.466 e. The number of aliphatic hydroxyl groups is 1. The molecule has 0 aliphatic carbocycles. The summed E-state index contributed by atoms with van der Waals surface area (Å²) in [6.45, 7) is 8.03. The van der Waals surface area contributed by atoms with Crippen molar-refractivity contribution in [2.45, 2.75) is 46.6 Å². The van der Waals surface area contributed by atoms with Gasteiger partial charge in [0.05, 0.1) is 6.10 Å².